The van der Waals surface area contributed by atoms with Crippen LogP contribution in [0.4, 0.5) is 16.2 Å². The van der Waals surface area contributed by atoms with E-state index in [1.165, 1.54) is 0 Å². The lowest BCUT2D eigenvalue weighted by molar-refractivity contribution is 0.00608. The minimum atomic E-state index is -0.546. The number of piperidine rings is 1. The molecule has 0 radical (unpaired) electrons. The molecule has 10 heteroatoms. The van der Waals surface area contributed by atoms with Crippen LogP contribution >= 0.6 is 0 Å². The van der Waals surface area contributed by atoms with Crippen molar-refractivity contribution in [3.05, 3.63) is 60.9 Å². The van der Waals surface area contributed by atoms with Gasteiger partial charge in [-0.25, -0.2) is 9.59 Å². The van der Waals surface area contributed by atoms with E-state index in [-0.39, 0.29) is 24.2 Å². The van der Waals surface area contributed by atoms with Crippen molar-refractivity contribution in [2.45, 2.75) is 70.2 Å². The number of fused-ring (bicyclic) bond motifs is 5. The smallest absolute Gasteiger partial charge is 0.410 e. The lowest BCUT2D eigenvalue weighted by Gasteiger charge is -2.43. The molecular weight excluding hydrogens is 542 g/mol. The number of carbonyl (C=O) groups excluding carboxylic acids is 2. The Hall–Kier alpha value is -4.69. The second-order valence-corrected chi connectivity index (χ2v) is 12.8. The second-order valence-electron chi connectivity index (χ2n) is 12.8. The van der Waals surface area contributed by atoms with Gasteiger partial charge in [0, 0.05) is 61.1 Å². The fourth-order valence-corrected chi connectivity index (χ4v) is 6.96. The maximum absolute atomic E-state index is 13.1. The van der Waals surface area contributed by atoms with Crippen molar-refractivity contribution in [1.82, 2.24) is 24.6 Å². The Bertz CT molecular complexity index is 1770. The highest BCUT2D eigenvalue weighted by molar-refractivity contribution is 6.05. The molecule has 0 spiro atoms. The normalized spacial score (nSPS) is 21.4. The molecule has 10 nitrogen and oxygen atoms in total. The van der Waals surface area contributed by atoms with Gasteiger partial charge in [-0.15, -0.1) is 0 Å². The van der Waals surface area contributed by atoms with E-state index in [1.807, 2.05) is 75.4 Å². The van der Waals surface area contributed by atoms with Crippen LogP contribution in [0.2, 0.25) is 0 Å². The molecule has 43 heavy (non-hydrogen) atoms. The van der Waals surface area contributed by atoms with Gasteiger partial charge in [0.1, 0.15) is 5.60 Å². The molecule has 2 unspecified atom stereocenters. The third-order valence-electron chi connectivity index (χ3n) is 8.83. The minimum absolute atomic E-state index is 0.0334. The van der Waals surface area contributed by atoms with Crippen molar-refractivity contribution >= 4 is 34.3 Å². The molecule has 4 aromatic rings. The topological polar surface area (TPSA) is 96.7 Å². The van der Waals surface area contributed by atoms with E-state index in [0.717, 1.165) is 70.3 Å². The summed E-state index contributed by atoms with van der Waals surface area (Å²) in [5, 5.41) is 5.22. The molecule has 0 aliphatic carbocycles. The van der Waals surface area contributed by atoms with E-state index in [4.69, 9.17) is 14.7 Å². The lowest BCUT2D eigenvalue weighted by atomic mass is 9.95. The summed E-state index contributed by atoms with van der Waals surface area (Å²) in [4.78, 5) is 41.0. The monoisotopic (exact) mass is 577 g/mol. The summed E-state index contributed by atoms with van der Waals surface area (Å²) in [7, 11) is 3.78. The number of hydrogen-bond acceptors (Lipinski definition) is 8. The van der Waals surface area contributed by atoms with Crippen LogP contribution in [0.5, 0.6) is 0 Å². The van der Waals surface area contributed by atoms with Gasteiger partial charge in [-0.05, 0) is 70.2 Å². The fourth-order valence-electron chi connectivity index (χ4n) is 6.96. The van der Waals surface area contributed by atoms with E-state index >= 15 is 0 Å². The van der Waals surface area contributed by atoms with Crippen molar-refractivity contribution < 1.29 is 14.3 Å². The van der Waals surface area contributed by atoms with E-state index in [0.29, 0.717) is 5.82 Å². The van der Waals surface area contributed by atoms with Crippen LogP contribution < -0.4 is 9.80 Å². The molecule has 2 fully saturated rings. The Morgan fingerprint density at radius 1 is 0.930 bits per heavy atom. The first-order valence-electron chi connectivity index (χ1n) is 14.8. The third-order valence-corrected chi connectivity index (χ3v) is 8.83. The largest absolute Gasteiger partial charge is 0.444 e. The molecular formula is C33H35N7O3. The number of carbonyl (C=O) groups is 1. The Kier molecular flexibility index (Phi) is 6.29. The molecule has 6 heterocycles. The number of aryl methyl sites for hydroxylation is 1. The first-order valence-corrected chi connectivity index (χ1v) is 14.8. The maximum Gasteiger partial charge on any atom is 0.410 e. The Balaban J connectivity index is 1.25. The van der Waals surface area contributed by atoms with E-state index in [9.17, 15) is 9.59 Å². The first kappa shape index (κ1) is 27.2. The number of ether oxygens (including phenoxy) is 1. The standard InChI is InChI=1S/C33H35N7O3/c1-33(2,3)43-32(42)39-23-8-9-24(39)14-25(13-23)40-30(19-41)38(5)29-17-35-28-11-6-20(12-26(28)31(29)40)21-7-10-27(34-15-21)22-16-36-37(4)18-22/h6-7,10-12,15-18,23-25H,8-9,13-14H2,1-5H3. The zero-order valence-corrected chi connectivity index (χ0v) is 25.1. The lowest BCUT2D eigenvalue weighted by Crippen LogP contribution is -2.53. The highest BCUT2D eigenvalue weighted by atomic mass is 16.6. The first-order chi connectivity index (χ1) is 20.6. The van der Waals surface area contributed by atoms with E-state index in [1.54, 1.807) is 10.9 Å². The molecule has 0 N–H and O–H groups in total. The minimum Gasteiger partial charge on any atom is -0.444 e. The van der Waals surface area contributed by atoms with Crippen LogP contribution in [0.1, 0.15) is 46.5 Å². The molecule has 7 rings (SSSR count). The van der Waals surface area contributed by atoms with Crippen LogP contribution in [0.15, 0.2) is 60.9 Å². The number of aromatic nitrogens is 4. The van der Waals surface area contributed by atoms with Gasteiger partial charge in [-0.3, -0.25) is 14.6 Å². The van der Waals surface area contributed by atoms with Gasteiger partial charge in [0.05, 0.1) is 35.0 Å². The molecule has 2 saturated heterocycles. The fraction of sp³-hybridized carbons (Fsp3) is 0.394. The van der Waals surface area contributed by atoms with Crippen molar-refractivity contribution in [2.24, 2.45) is 7.05 Å². The SMILES string of the molecule is CN1C(=C=O)N(C2CC3CCC(C2)N3C(=O)OC(C)(C)C)c2c1cnc1ccc(-c3ccc(-c4cnn(C)c4)nc3)cc21. The number of benzene rings is 1. The summed E-state index contributed by atoms with van der Waals surface area (Å²) < 4.78 is 7.52. The highest BCUT2D eigenvalue weighted by Gasteiger charge is 2.49. The number of anilines is 2. The van der Waals surface area contributed by atoms with Crippen molar-refractivity contribution in [3.8, 4) is 22.4 Å². The molecule has 1 aromatic carbocycles. The van der Waals surface area contributed by atoms with Crippen LogP contribution in [-0.4, -0.2) is 67.5 Å². The van der Waals surface area contributed by atoms with Crippen molar-refractivity contribution in [3.63, 3.8) is 0 Å². The summed E-state index contributed by atoms with van der Waals surface area (Å²) in [6, 6.07) is 10.5. The number of pyridine rings is 2. The number of rotatable bonds is 3. The Labute approximate surface area is 250 Å². The zero-order valence-electron chi connectivity index (χ0n) is 25.1. The van der Waals surface area contributed by atoms with Crippen molar-refractivity contribution in [1.29, 1.82) is 0 Å². The predicted molar refractivity (Wildman–Crippen MR) is 165 cm³/mol. The Morgan fingerprint density at radius 3 is 2.30 bits per heavy atom. The molecule has 3 aliphatic heterocycles. The van der Waals surface area contributed by atoms with Crippen LogP contribution in [-0.2, 0) is 16.6 Å². The number of nitrogens with zero attached hydrogens (tertiary/aromatic N) is 7. The average molecular weight is 578 g/mol. The average Bonchev–Trinajstić information content (AvgIpc) is 3.63. The van der Waals surface area contributed by atoms with Gasteiger partial charge in [0.25, 0.3) is 0 Å². The molecule has 2 atom stereocenters. The van der Waals surface area contributed by atoms with Crippen LogP contribution in [0.3, 0.4) is 0 Å². The van der Waals surface area contributed by atoms with Gasteiger partial charge >= 0.3 is 6.09 Å². The molecule has 3 aromatic heterocycles. The summed E-state index contributed by atoms with van der Waals surface area (Å²) in [6.45, 7) is 5.70. The zero-order chi connectivity index (χ0) is 30.0. The summed E-state index contributed by atoms with van der Waals surface area (Å²) >= 11 is 0. The highest BCUT2D eigenvalue weighted by Crippen LogP contribution is 2.49. The quantitative estimate of drug-likeness (QED) is 0.292. The summed E-state index contributed by atoms with van der Waals surface area (Å²) in [5.74, 6) is 2.71. The summed E-state index contributed by atoms with van der Waals surface area (Å²) in [6.07, 6.45) is 10.6. The van der Waals surface area contributed by atoms with Crippen molar-refractivity contribution in [2.75, 3.05) is 16.8 Å². The third kappa shape index (κ3) is 4.62. The Morgan fingerprint density at radius 2 is 1.67 bits per heavy atom. The van der Waals surface area contributed by atoms with Gasteiger partial charge in [0.15, 0.2) is 5.94 Å². The van der Waals surface area contributed by atoms with Gasteiger partial charge in [-0.2, -0.15) is 5.10 Å². The maximum atomic E-state index is 13.1. The van der Waals surface area contributed by atoms with Gasteiger partial charge < -0.3 is 19.4 Å². The second kappa shape index (κ2) is 9.95. The number of hydrogen-bond donors (Lipinski definition) is 0. The van der Waals surface area contributed by atoms with Crippen LogP contribution in [0.25, 0.3) is 33.3 Å². The van der Waals surface area contributed by atoms with Gasteiger partial charge in [-0.1, -0.05) is 12.1 Å². The van der Waals surface area contributed by atoms with E-state index in [2.05, 4.69) is 34.1 Å². The summed E-state index contributed by atoms with van der Waals surface area (Å²) in [5.41, 5.74) is 5.96. The molecule has 2 bridgehead atoms. The molecule has 220 valence electrons. The van der Waals surface area contributed by atoms with Gasteiger partial charge in [0.2, 0.25) is 5.82 Å². The number of amides is 1. The van der Waals surface area contributed by atoms with E-state index < -0.39 is 5.60 Å². The predicted octanol–water partition coefficient (Wildman–Crippen LogP) is 5.56. The molecule has 3 aliphatic rings. The van der Waals surface area contributed by atoms with Crippen LogP contribution in [0, 0.1) is 0 Å². The molecule has 0 saturated carbocycles. The molecule has 1 amide bonds.